The molecule has 0 amide bonds. The van der Waals surface area contributed by atoms with Gasteiger partial charge < -0.3 is 15.5 Å². The number of benzene rings is 1. The lowest BCUT2D eigenvalue weighted by atomic mass is 10.1. The highest BCUT2D eigenvalue weighted by Gasteiger charge is 2.41. The van der Waals surface area contributed by atoms with Crippen LogP contribution in [0.2, 0.25) is 5.02 Å². The van der Waals surface area contributed by atoms with E-state index in [0.29, 0.717) is 16.5 Å². The van der Waals surface area contributed by atoms with E-state index in [4.69, 9.17) is 21.3 Å². The van der Waals surface area contributed by atoms with Crippen LogP contribution in [-0.4, -0.2) is 62.6 Å². The summed E-state index contributed by atoms with van der Waals surface area (Å²) in [4.78, 5) is 4.37. The topological polar surface area (TPSA) is 149 Å². The highest BCUT2D eigenvalue weighted by atomic mass is 35.5. The van der Waals surface area contributed by atoms with Crippen molar-refractivity contribution in [3.05, 3.63) is 46.9 Å². The number of anilines is 1. The molecule has 174 valence electrons. The quantitative estimate of drug-likeness (QED) is 0.248. The third-order valence-corrected chi connectivity index (χ3v) is 7.55. The van der Waals surface area contributed by atoms with Gasteiger partial charge >= 0.3 is 10.3 Å². The van der Waals surface area contributed by atoms with Gasteiger partial charge in [0, 0.05) is 50.8 Å². The molecule has 33 heavy (non-hydrogen) atoms. The molecule has 0 saturated heterocycles. The van der Waals surface area contributed by atoms with E-state index in [9.17, 15) is 18.6 Å². The molecule has 10 nitrogen and oxygen atoms in total. The Morgan fingerprint density at radius 1 is 1.21 bits per heavy atom. The Morgan fingerprint density at radius 2 is 2.03 bits per heavy atom. The lowest BCUT2D eigenvalue weighted by molar-refractivity contribution is 0.0184. The van der Waals surface area contributed by atoms with Crippen LogP contribution >= 0.6 is 22.9 Å². The van der Waals surface area contributed by atoms with Crippen LogP contribution in [0.25, 0.3) is 27.0 Å². The summed E-state index contributed by atoms with van der Waals surface area (Å²) in [5.74, 6) is -0.0117. The lowest BCUT2D eigenvalue weighted by Gasteiger charge is -2.19. The molecule has 1 fully saturated rings. The van der Waals surface area contributed by atoms with Crippen molar-refractivity contribution in [3.8, 4) is 11.3 Å². The van der Waals surface area contributed by atoms with Gasteiger partial charge in [0.25, 0.3) is 0 Å². The standard InChI is InChI=1S/C20H20ClN5O5S2/c21-11-1-2-12-13(9-32-16(12)6-11)14-7-18-22-4-3-17(26(18)25-14)24-15-5-10(19(27)20(15)28)8-23-33(29,30)31/h1-4,6-7,9-10,15,19-20,23-24,27-28H,5,8H2,(H,29,30,31)/t10-,15-,19-,20+/m1/s1. The van der Waals surface area contributed by atoms with Crippen LogP contribution in [0.5, 0.6) is 0 Å². The second kappa shape index (κ2) is 8.47. The third-order valence-electron chi connectivity index (χ3n) is 5.83. The molecular weight excluding hydrogens is 490 g/mol. The van der Waals surface area contributed by atoms with Gasteiger partial charge in [-0.25, -0.2) is 4.98 Å². The SMILES string of the molecule is O=S(=O)(O)NC[C@H]1C[C@@H](Nc2ccnc3cc(-c4csc5cc(Cl)ccc45)nn23)[C@H](O)[C@@H]1O. The first-order chi connectivity index (χ1) is 15.7. The molecule has 5 N–H and O–H groups in total. The largest absolute Gasteiger partial charge is 0.390 e. The summed E-state index contributed by atoms with van der Waals surface area (Å²) in [6.07, 6.45) is -0.407. The van der Waals surface area contributed by atoms with Crippen molar-refractivity contribution < 1.29 is 23.2 Å². The van der Waals surface area contributed by atoms with Crippen molar-refractivity contribution in [3.63, 3.8) is 0 Å². The summed E-state index contributed by atoms with van der Waals surface area (Å²) in [6.45, 7) is -0.192. The van der Waals surface area contributed by atoms with Gasteiger partial charge in [-0.05, 0) is 24.6 Å². The normalized spacial score (nSPS) is 23.5. The van der Waals surface area contributed by atoms with Crippen LogP contribution in [0, 0.1) is 5.92 Å². The van der Waals surface area contributed by atoms with Crippen LogP contribution in [0.1, 0.15) is 6.42 Å². The minimum atomic E-state index is -4.39. The molecule has 0 radical (unpaired) electrons. The van der Waals surface area contributed by atoms with E-state index in [2.05, 4.69) is 10.3 Å². The second-order valence-electron chi connectivity index (χ2n) is 7.97. The Labute approximate surface area is 197 Å². The zero-order valence-corrected chi connectivity index (χ0v) is 19.3. The molecule has 0 aliphatic heterocycles. The maximum atomic E-state index is 11.0. The van der Waals surface area contributed by atoms with E-state index in [0.717, 1.165) is 21.3 Å². The molecule has 3 heterocycles. The predicted octanol–water partition coefficient (Wildman–Crippen LogP) is 2.18. The van der Waals surface area contributed by atoms with Gasteiger partial charge in [-0.1, -0.05) is 17.7 Å². The Morgan fingerprint density at radius 3 is 2.82 bits per heavy atom. The van der Waals surface area contributed by atoms with Gasteiger partial charge in [0.15, 0.2) is 5.65 Å². The lowest BCUT2D eigenvalue weighted by Crippen LogP contribution is -2.37. The van der Waals surface area contributed by atoms with Crippen molar-refractivity contribution in [1.29, 1.82) is 0 Å². The Balaban J connectivity index is 1.42. The Bertz CT molecular complexity index is 1440. The van der Waals surface area contributed by atoms with Crippen LogP contribution in [0.4, 0.5) is 5.82 Å². The number of hydrogen-bond acceptors (Lipinski definition) is 8. The van der Waals surface area contributed by atoms with Crippen LogP contribution < -0.4 is 10.0 Å². The number of hydrogen-bond donors (Lipinski definition) is 5. The summed E-state index contributed by atoms with van der Waals surface area (Å²) in [5, 5.41) is 32.4. The highest BCUT2D eigenvalue weighted by molar-refractivity contribution is 7.83. The Hall–Kier alpha value is -2.32. The molecule has 0 spiro atoms. The average molecular weight is 510 g/mol. The number of rotatable bonds is 6. The van der Waals surface area contributed by atoms with Crippen molar-refractivity contribution in [2.24, 2.45) is 5.92 Å². The maximum absolute atomic E-state index is 11.0. The molecule has 1 aliphatic carbocycles. The van der Waals surface area contributed by atoms with Gasteiger partial charge in [-0.3, -0.25) is 4.55 Å². The number of nitrogens with zero attached hydrogens (tertiary/aromatic N) is 3. The van der Waals surface area contributed by atoms with Crippen molar-refractivity contribution in [2.75, 3.05) is 11.9 Å². The zero-order valence-electron chi connectivity index (χ0n) is 17.0. The number of aliphatic hydroxyl groups excluding tert-OH is 2. The zero-order chi connectivity index (χ0) is 23.3. The van der Waals surface area contributed by atoms with E-state index in [1.807, 2.05) is 34.4 Å². The first-order valence-corrected chi connectivity index (χ1v) is 12.8. The molecule has 1 aliphatic rings. The van der Waals surface area contributed by atoms with Gasteiger partial charge in [-0.15, -0.1) is 11.3 Å². The fourth-order valence-electron chi connectivity index (χ4n) is 4.21. The van der Waals surface area contributed by atoms with Gasteiger partial charge in [0.1, 0.15) is 11.9 Å². The van der Waals surface area contributed by atoms with Crippen LogP contribution in [0.15, 0.2) is 41.9 Å². The summed E-state index contributed by atoms with van der Waals surface area (Å²) < 4.78 is 35.4. The number of halogens is 1. The monoisotopic (exact) mass is 509 g/mol. The van der Waals surface area contributed by atoms with Crippen LogP contribution in [0.3, 0.4) is 0 Å². The molecule has 4 aromatic rings. The minimum absolute atomic E-state index is 0.192. The number of thiophene rings is 1. The van der Waals surface area contributed by atoms with E-state index < -0.39 is 34.5 Å². The third kappa shape index (κ3) is 4.43. The molecule has 3 aromatic heterocycles. The van der Waals surface area contributed by atoms with Crippen LogP contribution in [-0.2, 0) is 10.3 Å². The number of aliphatic hydroxyl groups is 2. The molecule has 13 heteroatoms. The summed E-state index contributed by atoms with van der Waals surface area (Å²) in [6, 6.07) is 8.71. The Kier molecular flexibility index (Phi) is 5.77. The van der Waals surface area contributed by atoms with E-state index >= 15 is 0 Å². The average Bonchev–Trinajstić information content (AvgIpc) is 3.44. The molecule has 4 atom stereocenters. The molecule has 1 aromatic carbocycles. The van der Waals surface area contributed by atoms with Gasteiger partial charge in [0.2, 0.25) is 0 Å². The van der Waals surface area contributed by atoms with E-state index in [1.165, 1.54) is 0 Å². The summed E-state index contributed by atoms with van der Waals surface area (Å²) in [7, 11) is -4.39. The molecule has 0 bridgehead atoms. The van der Waals surface area contributed by atoms with Crippen molar-refractivity contribution >= 4 is 54.8 Å². The molecule has 5 rings (SSSR count). The highest BCUT2D eigenvalue weighted by Crippen LogP contribution is 2.35. The molecular formula is C20H20ClN5O5S2. The number of nitrogens with one attached hydrogen (secondary N) is 2. The summed E-state index contributed by atoms with van der Waals surface area (Å²) >= 11 is 7.67. The van der Waals surface area contributed by atoms with Gasteiger partial charge in [0.05, 0.1) is 17.8 Å². The van der Waals surface area contributed by atoms with E-state index in [1.54, 1.807) is 28.1 Å². The fourth-order valence-corrected chi connectivity index (χ4v) is 5.86. The number of fused-ring (bicyclic) bond motifs is 2. The molecule has 1 saturated carbocycles. The first kappa shape index (κ1) is 22.5. The first-order valence-electron chi connectivity index (χ1n) is 10.1. The second-order valence-corrected chi connectivity index (χ2v) is 10.6. The van der Waals surface area contributed by atoms with Crippen molar-refractivity contribution in [2.45, 2.75) is 24.7 Å². The minimum Gasteiger partial charge on any atom is -0.390 e. The maximum Gasteiger partial charge on any atom is 0.333 e. The predicted molar refractivity (Wildman–Crippen MR) is 126 cm³/mol. The number of aromatic nitrogens is 3. The smallest absolute Gasteiger partial charge is 0.333 e. The van der Waals surface area contributed by atoms with E-state index in [-0.39, 0.29) is 13.0 Å². The van der Waals surface area contributed by atoms with Gasteiger partial charge in [-0.2, -0.15) is 22.8 Å². The van der Waals surface area contributed by atoms with Crippen molar-refractivity contribution in [1.82, 2.24) is 19.3 Å². The fraction of sp³-hybridized carbons (Fsp3) is 0.300. The molecule has 0 unspecified atom stereocenters. The summed E-state index contributed by atoms with van der Waals surface area (Å²) in [5.41, 5.74) is 2.28.